The highest BCUT2D eigenvalue weighted by molar-refractivity contribution is 5.32. The van der Waals surface area contributed by atoms with E-state index in [1.807, 2.05) is 30.9 Å². The summed E-state index contributed by atoms with van der Waals surface area (Å²) in [5.74, 6) is 0. The van der Waals surface area contributed by atoms with Crippen LogP contribution in [0.3, 0.4) is 0 Å². The summed E-state index contributed by atoms with van der Waals surface area (Å²) in [6.45, 7) is 0.730. The molecule has 1 saturated carbocycles. The van der Waals surface area contributed by atoms with Gasteiger partial charge in [-0.1, -0.05) is 12.1 Å². The molecule has 0 amide bonds. The molecule has 1 aliphatic carbocycles. The molecule has 6 heteroatoms. The average Bonchev–Trinajstić information content (AvgIpc) is 3.16. The van der Waals surface area contributed by atoms with E-state index in [0.29, 0.717) is 12.1 Å². The number of aromatic nitrogens is 2. The van der Waals surface area contributed by atoms with Crippen LogP contribution in [0.1, 0.15) is 30.9 Å². The molecule has 0 aliphatic heterocycles. The smallest absolute Gasteiger partial charge is 0.269 e. The van der Waals surface area contributed by atoms with E-state index < -0.39 is 0 Å². The Kier molecular flexibility index (Phi) is 3.96. The third-order valence-corrected chi connectivity index (χ3v) is 4.10. The zero-order chi connectivity index (χ0) is 14.7. The number of nitro groups is 1. The minimum atomic E-state index is -0.372. The van der Waals surface area contributed by atoms with Crippen LogP contribution in [-0.2, 0) is 6.54 Å². The lowest BCUT2D eigenvalue weighted by molar-refractivity contribution is -0.384. The van der Waals surface area contributed by atoms with Gasteiger partial charge in [-0.05, 0) is 24.8 Å². The number of nitrogens with one attached hydrogen (secondary N) is 1. The molecule has 2 atom stereocenters. The van der Waals surface area contributed by atoms with Crippen molar-refractivity contribution in [1.82, 2.24) is 14.9 Å². The molecule has 6 nitrogen and oxygen atoms in total. The second-order valence-corrected chi connectivity index (χ2v) is 5.42. The molecule has 1 fully saturated rings. The fourth-order valence-corrected chi connectivity index (χ4v) is 2.99. The summed E-state index contributed by atoms with van der Waals surface area (Å²) in [5.41, 5.74) is 1.20. The maximum atomic E-state index is 10.6. The normalized spacial score (nSPS) is 21.5. The Hall–Kier alpha value is -2.21. The monoisotopic (exact) mass is 286 g/mol. The highest BCUT2D eigenvalue weighted by Crippen LogP contribution is 2.30. The molecular formula is C15H18N4O2. The highest BCUT2D eigenvalue weighted by Gasteiger charge is 2.27. The zero-order valence-electron chi connectivity index (χ0n) is 11.7. The van der Waals surface area contributed by atoms with Crippen molar-refractivity contribution in [1.29, 1.82) is 0 Å². The van der Waals surface area contributed by atoms with Gasteiger partial charge in [0.2, 0.25) is 0 Å². The summed E-state index contributed by atoms with van der Waals surface area (Å²) >= 11 is 0. The van der Waals surface area contributed by atoms with E-state index >= 15 is 0 Å². The van der Waals surface area contributed by atoms with Crippen LogP contribution < -0.4 is 5.32 Å². The van der Waals surface area contributed by atoms with E-state index in [9.17, 15) is 10.1 Å². The summed E-state index contributed by atoms with van der Waals surface area (Å²) in [7, 11) is 0. The number of imidazole rings is 1. The summed E-state index contributed by atoms with van der Waals surface area (Å²) in [6.07, 6.45) is 9.21. The van der Waals surface area contributed by atoms with E-state index in [2.05, 4.69) is 14.9 Å². The van der Waals surface area contributed by atoms with Crippen molar-refractivity contribution in [2.75, 3.05) is 0 Å². The molecule has 110 valence electrons. The Morgan fingerprint density at radius 3 is 2.81 bits per heavy atom. The molecule has 21 heavy (non-hydrogen) atoms. The first-order chi connectivity index (χ1) is 10.2. The SMILES string of the molecule is O=[N+]([O-])c1ccc(CNC2CCCC2n2ccnc2)cc1. The maximum absolute atomic E-state index is 10.6. The quantitative estimate of drug-likeness (QED) is 0.677. The van der Waals surface area contributed by atoms with Gasteiger partial charge in [-0.15, -0.1) is 0 Å². The standard InChI is InChI=1S/C15H18N4O2/c20-19(21)13-6-4-12(5-7-13)10-17-14-2-1-3-15(14)18-9-8-16-11-18/h4-9,11,14-15,17H,1-3,10H2. The van der Waals surface area contributed by atoms with Crippen molar-refractivity contribution in [2.45, 2.75) is 37.9 Å². The summed E-state index contributed by atoms with van der Waals surface area (Å²) < 4.78 is 2.17. The van der Waals surface area contributed by atoms with Crippen LogP contribution in [0.4, 0.5) is 5.69 Å². The lowest BCUT2D eigenvalue weighted by Gasteiger charge is -2.22. The van der Waals surface area contributed by atoms with Gasteiger partial charge in [0.05, 0.1) is 11.3 Å². The van der Waals surface area contributed by atoms with E-state index in [4.69, 9.17) is 0 Å². The van der Waals surface area contributed by atoms with Crippen molar-refractivity contribution in [3.63, 3.8) is 0 Å². The van der Waals surface area contributed by atoms with Crippen LogP contribution >= 0.6 is 0 Å². The number of hydrogen-bond donors (Lipinski definition) is 1. The fraction of sp³-hybridized carbons (Fsp3) is 0.400. The van der Waals surface area contributed by atoms with Crippen molar-refractivity contribution in [2.24, 2.45) is 0 Å². The number of nitrogens with zero attached hydrogens (tertiary/aromatic N) is 3. The van der Waals surface area contributed by atoms with Gasteiger partial charge in [-0.3, -0.25) is 10.1 Å². The Labute approximate surface area is 123 Å². The van der Waals surface area contributed by atoms with Gasteiger partial charge < -0.3 is 9.88 Å². The molecule has 2 aromatic rings. The van der Waals surface area contributed by atoms with Crippen molar-refractivity contribution < 1.29 is 4.92 Å². The Morgan fingerprint density at radius 2 is 2.14 bits per heavy atom. The lowest BCUT2D eigenvalue weighted by atomic mass is 10.1. The second-order valence-electron chi connectivity index (χ2n) is 5.42. The molecule has 1 aromatic heterocycles. The number of hydrogen-bond acceptors (Lipinski definition) is 4. The van der Waals surface area contributed by atoms with Gasteiger partial charge in [0, 0.05) is 43.2 Å². The third kappa shape index (κ3) is 3.11. The highest BCUT2D eigenvalue weighted by atomic mass is 16.6. The van der Waals surface area contributed by atoms with Crippen LogP contribution in [0.25, 0.3) is 0 Å². The Balaban J connectivity index is 1.60. The van der Waals surface area contributed by atoms with E-state index in [0.717, 1.165) is 24.9 Å². The predicted octanol–water partition coefficient (Wildman–Crippen LogP) is 2.67. The second kappa shape index (κ2) is 6.05. The molecule has 0 bridgehead atoms. The minimum absolute atomic E-state index is 0.135. The summed E-state index contributed by atoms with van der Waals surface area (Å²) in [4.78, 5) is 14.4. The van der Waals surface area contributed by atoms with Crippen LogP contribution in [0, 0.1) is 10.1 Å². The molecule has 0 radical (unpaired) electrons. The van der Waals surface area contributed by atoms with Crippen LogP contribution in [-0.4, -0.2) is 20.5 Å². The first kappa shape index (κ1) is 13.8. The van der Waals surface area contributed by atoms with Crippen LogP contribution in [0.15, 0.2) is 43.0 Å². The molecule has 1 N–H and O–H groups in total. The molecule has 1 aromatic carbocycles. The van der Waals surface area contributed by atoms with Gasteiger partial charge in [-0.25, -0.2) is 4.98 Å². The largest absolute Gasteiger partial charge is 0.333 e. The van der Waals surface area contributed by atoms with E-state index in [1.54, 1.807) is 12.1 Å². The van der Waals surface area contributed by atoms with Gasteiger partial charge in [0.25, 0.3) is 5.69 Å². The van der Waals surface area contributed by atoms with E-state index in [1.165, 1.54) is 6.42 Å². The van der Waals surface area contributed by atoms with Gasteiger partial charge in [0.15, 0.2) is 0 Å². The number of non-ortho nitro benzene ring substituents is 1. The molecule has 0 spiro atoms. The molecule has 0 saturated heterocycles. The lowest BCUT2D eigenvalue weighted by Crippen LogP contribution is -2.33. The molecule has 1 aliphatic rings. The Bertz CT molecular complexity index is 595. The Morgan fingerprint density at radius 1 is 1.33 bits per heavy atom. The topological polar surface area (TPSA) is 73.0 Å². The van der Waals surface area contributed by atoms with Gasteiger partial charge >= 0.3 is 0 Å². The third-order valence-electron chi connectivity index (χ3n) is 4.10. The summed E-state index contributed by atoms with van der Waals surface area (Å²) in [6, 6.07) is 7.61. The number of rotatable bonds is 5. The number of benzene rings is 1. The van der Waals surface area contributed by atoms with Crippen LogP contribution in [0.5, 0.6) is 0 Å². The van der Waals surface area contributed by atoms with Gasteiger partial charge in [0.1, 0.15) is 0 Å². The van der Waals surface area contributed by atoms with Gasteiger partial charge in [-0.2, -0.15) is 0 Å². The van der Waals surface area contributed by atoms with Crippen molar-refractivity contribution >= 4 is 5.69 Å². The zero-order valence-corrected chi connectivity index (χ0v) is 11.7. The molecule has 3 rings (SSSR count). The fourth-order valence-electron chi connectivity index (χ4n) is 2.99. The summed E-state index contributed by atoms with van der Waals surface area (Å²) in [5, 5.41) is 14.2. The molecular weight excluding hydrogens is 268 g/mol. The minimum Gasteiger partial charge on any atom is -0.333 e. The van der Waals surface area contributed by atoms with Crippen LogP contribution in [0.2, 0.25) is 0 Å². The molecule has 2 unspecified atom stereocenters. The first-order valence-electron chi connectivity index (χ1n) is 7.18. The first-order valence-corrected chi connectivity index (χ1v) is 7.18. The predicted molar refractivity (Wildman–Crippen MR) is 78.8 cm³/mol. The average molecular weight is 286 g/mol. The van der Waals surface area contributed by atoms with Crippen molar-refractivity contribution in [3.8, 4) is 0 Å². The van der Waals surface area contributed by atoms with E-state index in [-0.39, 0.29) is 10.6 Å². The molecule has 1 heterocycles. The maximum Gasteiger partial charge on any atom is 0.269 e. The number of nitro benzene ring substituents is 1. The van der Waals surface area contributed by atoms with Crippen molar-refractivity contribution in [3.05, 3.63) is 58.7 Å².